The molecule has 1 saturated carbocycles. The van der Waals surface area contributed by atoms with Crippen LogP contribution in [0.4, 0.5) is 14.6 Å². The Morgan fingerprint density at radius 3 is 2.85 bits per heavy atom. The lowest BCUT2D eigenvalue weighted by molar-refractivity contribution is -0.121. The monoisotopic (exact) mass is 373 g/mol. The molecule has 2 atom stereocenters. The van der Waals surface area contributed by atoms with Gasteiger partial charge in [-0.3, -0.25) is 4.79 Å². The first kappa shape index (κ1) is 18.9. The fourth-order valence-electron chi connectivity index (χ4n) is 3.45. The standard InChI is InChI=1S/C20H21F2N3O2/c1-27-18-8-14(21)5-6-15(18)16-9-19(24-11-17(16)22)25-20(26)13-4-2-3-12(7-13)10-23/h5-6,8-13,23H,2-4,7H2,1H3,(H,24,25,26)/t12?,13-/m0/s1. The van der Waals surface area contributed by atoms with Crippen LogP contribution in [0.1, 0.15) is 25.7 Å². The van der Waals surface area contributed by atoms with Gasteiger partial charge in [0.2, 0.25) is 5.91 Å². The summed E-state index contributed by atoms with van der Waals surface area (Å²) in [5.74, 6) is -0.928. The highest BCUT2D eigenvalue weighted by Crippen LogP contribution is 2.34. The lowest BCUT2D eigenvalue weighted by atomic mass is 9.81. The van der Waals surface area contributed by atoms with Crippen molar-refractivity contribution in [1.29, 1.82) is 5.41 Å². The highest BCUT2D eigenvalue weighted by atomic mass is 19.1. The molecule has 1 amide bonds. The van der Waals surface area contributed by atoms with E-state index >= 15 is 0 Å². The number of hydrogen-bond donors (Lipinski definition) is 2. The van der Waals surface area contributed by atoms with E-state index in [2.05, 4.69) is 10.3 Å². The Labute approximate surface area is 156 Å². The van der Waals surface area contributed by atoms with Gasteiger partial charge in [0.25, 0.3) is 0 Å². The van der Waals surface area contributed by atoms with Crippen molar-refractivity contribution < 1.29 is 18.3 Å². The van der Waals surface area contributed by atoms with Crippen molar-refractivity contribution >= 4 is 17.9 Å². The Kier molecular flexibility index (Phi) is 5.78. The second-order valence-electron chi connectivity index (χ2n) is 6.67. The smallest absolute Gasteiger partial charge is 0.228 e. The van der Waals surface area contributed by atoms with Gasteiger partial charge in [0, 0.05) is 23.1 Å². The third kappa shape index (κ3) is 4.30. The van der Waals surface area contributed by atoms with Crippen LogP contribution >= 0.6 is 0 Å². The van der Waals surface area contributed by atoms with Crippen LogP contribution < -0.4 is 10.1 Å². The number of rotatable bonds is 5. The molecule has 1 heterocycles. The summed E-state index contributed by atoms with van der Waals surface area (Å²) >= 11 is 0. The number of carbonyl (C=O) groups is 1. The van der Waals surface area contributed by atoms with E-state index in [-0.39, 0.29) is 34.9 Å². The van der Waals surface area contributed by atoms with Crippen LogP contribution in [0.3, 0.4) is 0 Å². The Balaban J connectivity index is 1.83. The quantitative estimate of drug-likeness (QED) is 0.762. The minimum absolute atomic E-state index is 0.120. The van der Waals surface area contributed by atoms with Gasteiger partial charge in [-0.05, 0) is 49.6 Å². The average molecular weight is 373 g/mol. The summed E-state index contributed by atoms with van der Waals surface area (Å²) in [6.07, 6.45) is 5.64. The summed E-state index contributed by atoms with van der Waals surface area (Å²) in [4.78, 5) is 16.5. The van der Waals surface area contributed by atoms with Gasteiger partial charge in [-0.25, -0.2) is 13.8 Å². The normalized spacial score (nSPS) is 19.4. The van der Waals surface area contributed by atoms with Crippen LogP contribution in [0, 0.1) is 28.9 Å². The number of benzene rings is 1. The fraction of sp³-hybridized carbons (Fsp3) is 0.350. The minimum atomic E-state index is -0.598. The second kappa shape index (κ2) is 8.24. The van der Waals surface area contributed by atoms with Gasteiger partial charge in [-0.2, -0.15) is 0 Å². The maximum Gasteiger partial charge on any atom is 0.228 e. The SMILES string of the molecule is COc1cc(F)ccc1-c1cc(NC(=O)[C@H]2CCCC(C=N)C2)ncc1F. The highest BCUT2D eigenvalue weighted by molar-refractivity contribution is 5.92. The zero-order chi connectivity index (χ0) is 19.4. The van der Waals surface area contributed by atoms with E-state index in [9.17, 15) is 13.6 Å². The maximum atomic E-state index is 14.3. The number of amides is 1. The molecule has 2 aromatic rings. The van der Waals surface area contributed by atoms with Crippen molar-refractivity contribution in [3.63, 3.8) is 0 Å². The topological polar surface area (TPSA) is 75.1 Å². The number of nitrogens with zero attached hydrogens (tertiary/aromatic N) is 1. The number of methoxy groups -OCH3 is 1. The number of aromatic nitrogens is 1. The zero-order valence-corrected chi connectivity index (χ0v) is 15.0. The molecule has 5 nitrogen and oxygen atoms in total. The van der Waals surface area contributed by atoms with Crippen molar-refractivity contribution in [3.8, 4) is 16.9 Å². The van der Waals surface area contributed by atoms with Crippen molar-refractivity contribution in [3.05, 3.63) is 42.1 Å². The van der Waals surface area contributed by atoms with Crippen LogP contribution in [-0.2, 0) is 4.79 Å². The number of carbonyl (C=O) groups excluding carboxylic acids is 1. The molecule has 1 fully saturated rings. The Morgan fingerprint density at radius 2 is 2.11 bits per heavy atom. The number of halogens is 2. The first-order valence-electron chi connectivity index (χ1n) is 8.82. The van der Waals surface area contributed by atoms with E-state index in [0.29, 0.717) is 12.0 Å². The third-order valence-electron chi connectivity index (χ3n) is 4.88. The number of hydrogen-bond acceptors (Lipinski definition) is 4. The molecule has 1 aromatic carbocycles. The summed E-state index contributed by atoms with van der Waals surface area (Å²) in [5.41, 5.74) is 0.536. The molecule has 1 aliphatic rings. The van der Waals surface area contributed by atoms with Crippen molar-refractivity contribution in [2.24, 2.45) is 11.8 Å². The second-order valence-corrected chi connectivity index (χ2v) is 6.67. The third-order valence-corrected chi connectivity index (χ3v) is 4.88. The molecule has 2 N–H and O–H groups in total. The minimum Gasteiger partial charge on any atom is -0.496 e. The molecule has 0 aliphatic heterocycles. The van der Waals surface area contributed by atoms with E-state index in [1.807, 2.05) is 0 Å². The molecular formula is C20H21F2N3O2. The molecule has 0 spiro atoms. The molecule has 142 valence electrons. The van der Waals surface area contributed by atoms with Crippen LogP contribution in [0.2, 0.25) is 0 Å². The number of nitrogens with one attached hydrogen (secondary N) is 2. The van der Waals surface area contributed by atoms with E-state index in [1.54, 1.807) is 0 Å². The molecule has 27 heavy (non-hydrogen) atoms. The van der Waals surface area contributed by atoms with Crippen molar-refractivity contribution in [2.75, 3.05) is 12.4 Å². The zero-order valence-electron chi connectivity index (χ0n) is 15.0. The first-order chi connectivity index (χ1) is 13.0. The Morgan fingerprint density at radius 1 is 1.30 bits per heavy atom. The molecule has 0 bridgehead atoms. The first-order valence-corrected chi connectivity index (χ1v) is 8.82. The van der Waals surface area contributed by atoms with Crippen LogP contribution in [-0.4, -0.2) is 24.2 Å². The van der Waals surface area contributed by atoms with Crippen molar-refractivity contribution in [1.82, 2.24) is 4.98 Å². The van der Waals surface area contributed by atoms with E-state index < -0.39 is 11.6 Å². The van der Waals surface area contributed by atoms with Gasteiger partial charge < -0.3 is 15.5 Å². The van der Waals surface area contributed by atoms with Crippen molar-refractivity contribution in [2.45, 2.75) is 25.7 Å². The largest absolute Gasteiger partial charge is 0.496 e. The number of anilines is 1. The van der Waals surface area contributed by atoms with Crippen LogP contribution in [0.5, 0.6) is 5.75 Å². The molecule has 0 saturated heterocycles. The number of ether oxygens (including phenoxy) is 1. The van der Waals surface area contributed by atoms with E-state index in [4.69, 9.17) is 10.1 Å². The molecule has 3 rings (SSSR count). The number of pyridine rings is 1. The summed E-state index contributed by atoms with van der Waals surface area (Å²) in [5, 5.41) is 10.1. The summed E-state index contributed by atoms with van der Waals surface area (Å²) in [7, 11) is 1.38. The summed E-state index contributed by atoms with van der Waals surface area (Å²) in [6.45, 7) is 0. The van der Waals surface area contributed by atoms with E-state index in [0.717, 1.165) is 25.5 Å². The molecule has 1 unspecified atom stereocenters. The van der Waals surface area contributed by atoms with Crippen LogP contribution in [0.15, 0.2) is 30.5 Å². The van der Waals surface area contributed by atoms with Gasteiger partial charge in [-0.1, -0.05) is 6.42 Å². The molecule has 1 aliphatic carbocycles. The fourth-order valence-corrected chi connectivity index (χ4v) is 3.45. The average Bonchev–Trinajstić information content (AvgIpc) is 2.69. The lowest BCUT2D eigenvalue weighted by Gasteiger charge is -2.25. The predicted molar refractivity (Wildman–Crippen MR) is 99.0 cm³/mol. The van der Waals surface area contributed by atoms with Gasteiger partial charge in [0.15, 0.2) is 0 Å². The Hall–Kier alpha value is -2.83. The highest BCUT2D eigenvalue weighted by Gasteiger charge is 2.26. The maximum absolute atomic E-state index is 14.3. The van der Waals surface area contributed by atoms with E-state index in [1.165, 1.54) is 37.6 Å². The molecule has 1 aromatic heterocycles. The van der Waals surface area contributed by atoms with Gasteiger partial charge >= 0.3 is 0 Å². The Bertz CT molecular complexity index is 857. The van der Waals surface area contributed by atoms with Gasteiger partial charge in [0.1, 0.15) is 23.2 Å². The molecule has 0 radical (unpaired) electrons. The predicted octanol–water partition coefficient (Wildman–Crippen LogP) is 4.43. The summed E-state index contributed by atoms with van der Waals surface area (Å²) in [6, 6.07) is 5.23. The van der Waals surface area contributed by atoms with Crippen LogP contribution in [0.25, 0.3) is 11.1 Å². The molecule has 7 heteroatoms. The summed E-state index contributed by atoms with van der Waals surface area (Å²) < 4.78 is 32.9. The van der Waals surface area contributed by atoms with Gasteiger partial charge in [-0.15, -0.1) is 0 Å². The molecular weight excluding hydrogens is 352 g/mol. The van der Waals surface area contributed by atoms with Gasteiger partial charge in [0.05, 0.1) is 13.3 Å². The lowest BCUT2D eigenvalue weighted by Crippen LogP contribution is -2.28.